The highest BCUT2D eigenvalue weighted by molar-refractivity contribution is 7.70. The molecule has 0 radical (unpaired) electrons. The van der Waals surface area contributed by atoms with Crippen molar-refractivity contribution in [3.8, 4) is 0 Å². The Balaban J connectivity index is 3.07. The van der Waals surface area contributed by atoms with Crippen LogP contribution in [-0.4, -0.2) is 55.1 Å². The van der Waals surface area contributed by atoms with Crippen molar-refractivity contribution in [2.45, 2.75) is 57.9 Å². The summed E-state index contributed by atoms with van der Waals surface area (Å²) in [4.78, 5) is 37.5. The second-order valence-electron chi connectivity index (χ2n) is 6.43. The lowest BCUT2D eigenvalue weighted by atomic mass is 9.87. The summed E-state index contributed by atoms with van der Waals surface area (Å²) < 4.78 is 23.8. The maximum absolute atomic E-state index is 11.6. The molecule has 22 heavy (non-hydrogen) atoms. The first-order chi connectivity index (χ1) is 10.00. The number of quaternary nitrogens is 1. The summed E-state index contributed by atoms with van der Waals surface area (Å²) in [6.45, 7) is 8.76. The molecule has 0 aromatic heterocycles. The van der Waals surface area contributed by atoms with Crippen LogP contribution in [0.25, 0.3) is 0 Å². The fourth-order valence-electron chi connectivity index (χ4n) is 3.84. The minimum atomic E-state index is -4.84. The molecule has 1 rings (SSSR count). The van der Waals surface area contributed by atoms with Gasteiger partial charge in [-0.2, -0.15) is 0 Å². The summed E-state index contributed by atoms with van der Waals surface area (Å²) in [6, 6.07) is -0.108. The lowest BCUT2D eigenvalue weighted by Crippen LogP contribution is -2.60. The van der Waals surface area contributed by atoms with Crippen molar-refractivity contribution < 1.29 is 33.2 Å². The summed E-state index contributed by atoms with van der Waals surface area (Å²) in [5, 5.41) is -1.88. The molecular weight excluding hydrogens is 328 g/mol. The zero-order valence-corrected chi connectivity index (χ0v) is 15.4. The summed E-state index contributed by atoms with van der Waals surface area (Å²) in [5.41, 5.74) is 0. The van der Waals surface area contributed by atoms with Crippen molar-refractivity contribution in [1.29, 1.82) is 0 Å². The lowest BCUT2D eigenvalue weighted by Gasteiger charge is -2.50. The predicted octanol–water partition coefficient (Wildman–Crippen LogP) is 2.10. The molecule has 9 heteroatoms. The van der Waals surface area contributed by atoms with E-state index in [-0.39, 0.29) is 12.5 Å². The van der Waals surface area contributed by atoms with E-state index in [2.05, 4.69) is 6.92 Å². The van der Waals surface area contributed by atoms with Gasteiger partial charge in [-0.25, -0.2) is 0 Å². The van der Waals surface area contributed by atoms with Crippen molar-refractivity contribution in [2.75, 3.05) is 19.6 Å². The summed E-state index contributed by atoms with van der Waals surface area (Å²) in [6.07, 6.45) is 2.66. The predicted molar refractivity (Wildman–Crippen MR) is 85.5 cm³/mol. The first-order valence-electron chi connectivity index (χ1n) is 7.96. The van der Waals surface area contributed by atoms with Gasteiger partial charge >= 0.3 is 15.2 Å². The van der Waals surface area contributed by atoms with Gasteiger partial charge in [0.05, 0.1) is 25.7 Å². The van der Waals surface area contributed by atoms with Crippen LogP contribution < -0.4 is 0 Å². The Morgan fingerprint density at radius 3 is 1.86 bits per heavy atom. The molecule has 2 atom stereocenters. The molecule has 2 unspecified atom stereocenters. The normalized spacial score (nSPS) is 26.4. The molecule has 4 N–H and O–H groups in total. The SMILES string of the molecule is CCC1CCC(CC(P(=O)(O)O)P(=O)(O)O)[N+](CC)(CC)C1. The topological polar surface area (TPSA) is 115 Å². The molecule has 0 aliphatic carbocycles. The Morgan fingerprint density at radius 2 is 1.50 bits per heavy atom. The minimum absolute atomic E-state index is 0.108. The molecule has 0 aromatic rings. The molecule has 0 aromatic carbocycles. The average molecular weight is 358 g/mol. The number of nitrogens with zero attached hydrogens (tertiary/aromatic N) is 1. The molecule has 0 bridgehead atoms. The standard InChI is InChI=1S/C13H29NO6P2/c1-4-11-7-8-12(14(5-2,6-3)10-11)9-13(21(15,16)17)22(18,19)20/h11-13H,4-10H2,1-3H3,(H3-,15,16,17,18,19,20)/p+1. The van der Waals surface area contributed by atoms with Crippen LogP contribution in [0, 0.1) is 5.92 Å². The van der Waals surface area contributed by atoms with Crippen molar-refractivity contribution >= 4 is 15.2 Å². The lowest BCUT2D eigenvalue weighted by molar-refractivity contribution is -0.956. The van der Waals surface area contributed by atoms with Crippen molar-refractivity contribution in [1.82, 2.24) is 0 Å². The smallest absolute Gasteiger partial charge is 0.324 e. The fourth-order valence-corrected chi connectivity index (χ4v) is 6.45. The van der Waals surface area contributed by atoms with Gasteiger partial charge in [-0.1, -0.05) is 6.92 Å². The van der Waals surface area contributed by atoms with E-state index in [1.807, 2.05) is 13.8 Å². The van der Waals surface area contributed by atoms with Crippen LogP contribution in [-0.2, 0) is 9.13 Å². The second-order valence-corrected chi connectivity index (χ2v) is 10.4. The van der Waals surface area contributed by atoms with Crippen LogP contribution in [0.1, 0.15) is 46.5 Å². The molecule has 132 valence electrons. The van der Waals surface area contributed by atoms with Crippen LogP contribution in [0.5, 0.6) is 0 Å². The van der Waals surface area contributed by atoms with E-state index in [4.69, 9.17) is 0 Å². The van der Waals surface area contributed by atoms with Gasteiger partial charge in [0.2, 0.25) is 0 Å². The van der Waals surface area contributed by atoms with E-state index in [0.717, 1.165) is 38.9 Å². The monoisotopic (exact) mass is 358 g/mol. The van der Waals surface area contributed by atoms with E-state index in [0.29, 0.717) is 10.4 Å². The Hall–Kier alpha value is 0.260. The summed E-state index contributed by atoms with van der Waals surface area (Å²) in [5.74, 6) is 0.569. The Morgan fingerprint density at radius 1 is 1.00 bits per heavy atom. The molecule has 1 heterocycles. The highest BCUT2D eigenvalue weighted by Crippen LogP contribution is 2.62. The van der Waals surface area contributed by atoms with E-state index in [1.165, 1.54) is 0 Å². The van der Waals surface area contributed by atoms with Gasteiger partial charge in [0.25, 0.3) is 0 Å². The number of rotatable bonds is 7. The largest absolute Gasteiger partial charge is 0.340 e. The minimum Gasteiger partial charge on any atom is -0.324 e. The first-order valence-corrected chi connectivity index (χ1v) is 11.3. The second kappa shape index (κ2) is 7.43. The van der Waals surface area contributed by atoms with E-state index in [1.54, 1.807) is 0 Å². The molecular formula is C13H30NO6P2+. The van der Waals surface area contributed by atoms with Gasteiger partial charge in [0.1, 0.15) is 0 Å². The number of piperidine rings is 1. The Bertz CT molecular complexity index is 433. The highest BCUT2D eigenvalue weighted by atomic mass is 31.2. The van der Waals surface area contributed by atoms with E-state index < -0.39 is 20.6 Å². The molecule has 7 nitrogen and oxygen atoms in total. The van der Waals surface area contributed by atoms with Gasteiger partial charge in [-0.3, -0.25) is 9.13 Å². The van der Waals surface area contributed by atoms with Gasteiger partial charge < -0.3 is 24.1 Å². The maximum Gasteiger partial charge on any atom is 0.340 e. The molecule has 0 spiro atoms. The number of hydrogen-bond donors (Lipinski definition) is 4. The molecule has 1 saturated heterocycles. The average Bonchev–Trinajstić information content (AvgIpc) is 2.42. The molecule has 0 saturated carbocycles. The molecule has 0 amide bonds. The van der Waals surface area contributed by atoms with Crippen molar-refractivity contribution in [3.63, 3.8) is 0 Å². The van der Waals surface area contributed by atoms with Crippen LogP contribution in [0.4, 0.5) is 0 Å². The zero-order chi connectivity index (χ0) is 17.2. The Labute approximate surface area is 132 Å². The molecule has 1 fully saturated rings. The van der Waals surface area contributed by atoms with Gasteiger partial charge in [-0.15, -0.1) is 0 Å². The zero-order valence-electron chi connectivity index (χ0n) is 13.6. The number of likely N-dealkylation sites (tertiary alicyclic amines) is 1. The first kappa shape index (κ1) is 20.3. The summed E-state index contributed by atoms with van der Waals surface area (Å²) in [7, 11) is -9.67. The van der Waals surface area contributed by atoms with E-state index in [9.17, 15) is 28.7 Å². The maximum atomic E-state index is 11.6. The van der Waals surface area contributed by atoms with Gasteiger partial charge in [-0.05, 0) is 33.1 Å². The van der Waals surface area contributed by atoms with Gasteiger partial charge in [0, 0.05) is 12.3 Å². The summed E-state index contributed by atoms with van der Waals surface area (Å²) >= 11 is 0. The Kier molecular flexibility index (Phi) is 6.86. The fraction of sp³-hybridized carbons (Fsp3) is 1.00. The van der Waals surface area contributed by atoms with Crippen LogP contribution >= 0.6 is 15.2 Å². The van der Waals surface area contributed by atoms with E-state index >= 15 is 0 Å². The van der Waals surface area contributed by atoms with Crippen LogP contribution in [0.2, 0.25) is 0 Å². The van der Waals surface area contributed by atoms with Crippen molar-refractivity contribution in [2.24, 2.45) is 5.92 Å². The molecule has 1 aliphatic heterocycles. The quantitative estimate of drug-likeness (QED) is 0.409. The van der Waals surface area contributed by atoms with Crippen LogP contribution in [0.3, 0.4) is 0 Å². The third-order valence-electron chi connectivity index (χ3n) is 5.40. The third-order valence-corrected chi connectivity index (χ3v) is 9.18. The number of hydrogen-bond acceptors (Lipinski definition) is 2. The van der Waals surface area contributed by atoms with Gasteiger partial charge in [0.15, 0.2) is 5.40 Å². The van der Waals surface area contributed by atoms with Crippen molar-refractivity contribution in [3.05, 3.63) is 0 Å². The third kappa shape index (κ3) is 4.64. The highest BCUT2D eigenvalue weighted by Gasteiger charge is 2.49. The van der Waals surface area contributed by atoms with Crippen LogP contribution in [0.15, 0.2) is 0 Å². The molecule has 1 aliphatic rings.